The van der Waals surface area contributed by atoms with Crippen LogP contribution in [-0.2, 0) is 4.79 Å². The number of benzene rings is 2. The molecular formula is C20H22N2O4. The minimum Gasteiger partial charge on any atom is -0.490 e. The van der Waals surface area contributed by atoms with Gasteiger partial charge in [-0.3, -0.25) is 9.59 Å². The summed E-state index contributed by atoms with van der Waals surface area (Å²) in [5.41, 5.74) is 1.19. The fourth-order valence-corrected chi connectivity index (χ4v) is 2.39. The molecular weight excluding hydrogens is 332 g/mol. The van der Waals surface area contributed by atoms with Gasteiger partial charge in [-0.2, -0.15) is 0 Å². The molecule has 0 aliphatic heterocycles. The highest BCUT2D eigenvalue weighted by Crippen LogP contribution is 2.26. The highest BCUT2D eigenvalue weighted by atomic mass is 16.5. The summed E-state index contributed by atoms with van der Waals surface area (Å²) in [6.07, 6.45) is 2.10. The van der Waals surface area contributed by atoms with Gasteiger partial charge in [-0.25, -0.2) is 0 Å². The Kier molecular flexibility index (Phi) is 5.73. The summed E-state index contributed by atoms with van der Waals surface area (Å²) in [5.74, 6) is 0.762. The molecule has 0 radical (unpaired) electrons. The third kappa shape index (κ3) is 4.99. The smallest absolute Gasteiger partial charge is 0.262 e. The molecule has 0 aromatic heterocycles. The normalized spacial score (nSPS) is 13.0. The van der Waals surface area contributed by atoms with E-state index in [1.807, 2.05) is 19.1 Å². The summed E-state index contributed by atoms with van der Waals surface area (Å²) >= 11 is 0. The zero-order chi connectivity index (χ0) is 18.4. The van der Waals surface area contributed by atoms with Gasteiger partial charge >= 0.3 is 0 Å². The Balaban J connectivity index is 1.51. The van der Waals surface area contributed by atoms with Gasteiger partial charge in [-0.1, -0.05) is 12.1 Å². The Morgan fingerprint density at radius 1 is 1.00 bits per heavy atom. The van der Waals surface area contributed by atoms with Crippen molar-refractivity contribution in [3.8, 4) is 11.5 Å². The SMILES string of the molecule is CCOc1ccccc1OCC(=O)Nc1ccc(C(=O)NC2CC2)cc1. The van der Waals surface area contributed by atoms with Gasteiger partial charge in [0.25, 0.3) is 11.8 Å². The van der Waals surface area contributed by atoms with Crippen molar-refractivity contribution in [1.29, 1.82) is 0 Å². The Morgan fingerprint density at radius 3 is 2.27 bits per heavy atom. The highest BCUT2D eigenvalue weighted by molar-refractivity contribution is 5.96. The minimum absolute atomic E-state index is 0.0822. The lowest BCUT2D eigenvalue weighted by Gasteiger charge is -2.12. The average molecular weight is 354 g/mol. The number of anilines is 1. The molecule has 0 bridgehead atoms. The number of ether oxygens (including phenoxy) is 2. The van der Waals surface area contributed by atoms with Gasteiger partial charge in [-0.05, 0) is 56.2 Å². The lowest BCUT2D eigenvalue weighted by Crippen LogP contribution is -2.25. The standard InChI is InChI=1S/C20H22N2O4/c1-2-25-17-5-3-4-6-18(17)26-13-19(23)21-15-9-7-14(8-10-15)20(24)22-16-11-12-16/h3-10,16H,2,11-13H2,1H3,(H,21,23)(H,22,24). The van der Waals surface area contributed by atoms with Gasteiger partial charge in [0.1, 0.15) is 0 Å². The summed E-state index contributed by atoms with van der Waals surface area (Å²) < 4.78 is 11.0. The van der Waals surface area contributed by atoms with Crippen molar-refractivity contribution in [2.75, 3.05) is 18.5 Å². The van der Waals surface area contributed by atoms with Gasteiger partial charge in [0.05, 0.1) is 6.61 Å². The van der Waals surface area contributed by atoms with E-state index in [0.717, 1.165) is 12.8 Å². The quantitative estimate of drug-likeness (QED) is 0.764. The number of amides is 2. The summed E-state index contributed by atoms with van der Waals surface area (Å²) in [5, 5.41) is 5.67. The second-order valence-electron chi connectivity index (χ2n) is 6.04. The molecule has 2 N–H and O–H groups in total. The molecule has 0 spiro atoms. The maximum absolute atomic E-state index is 12.1. The summed E-state index contributed by atoms with van der Waals surface area (Å²) in [7, 11) is 0. The number of carbonyl (C=O) groups is 2. The van der Waals surface area contributed by atoms with Crippen LogP contribution in [0.3, 0.4) is 0 Å². The first-order chi connectivity index (χ1) is 12.7. The van der Waals surface area contributed by atoms with E-state index in [1.54, 1.807) is 36.4 Å². The third-order valence-corrected chi connectivity index (χ3v) is 3.85. The number of para-hydroxylation sites is 2. The minimum atomic E-state index is -0.286. The maximum Gasteiger partial charge on any atom is 0.262 e. The van der Waals surface area contributed by atoms with Crippen molar-refractivity contribution in [3.63, 3.8) is 0 Å². The van der Waals surface area contributed by atoms with E-state index in [1.165, 1.54) is 0 Å². The first-order valence-corrected chi connectivity index (χ1v) is 8.71. The molecule has 1 fully saturated rings. The number of nitrogens with one attached hydrogen (secondary N) is 2. The van der Waals surface area contributed by atoms with E-state index in [-0.39, 0.29) is 18.4 Å². The van der Waals surface area contributed by atoms with Crippen molar-refractivity contribution in [3.05, 3.63) is 54.1 Å². The van der Waals surface area contributed by atoms with Crippen molar-refractivity contribution < 1.29 is 19.1 Å². The fraction of sp³-hybridized carbons (Fsp3) is 0.300. The van der Waals surface area contributed by atoms with Gasteiger partial charge < -0.3 is 20.1 Å². The molecule has 136 valence electrons. The summed E-state index contributed by atoms with van der Waals surface area (Å²) in [6, 6.07) is 14.3. The van der Waals surface area contributed by atoms with E-state index in [9.17, 15) is 9.59 Å². The van der Waals surface area contributed by atoms with Crippen LogP contribution >= 0.6 is 0 Å². The van der Waals surface area contributed by atoms with Crippen LogP contribution in [0.2, 0.25) is 0 Å². The van der Waals surface area contributed by atoms with Crippen LogP contribution < -0.4 is 20.1 Å². The summed E-state index contributed by atoms with van der Waals surface area (Å²) in [4.78, 5) is 24.0. The molecule has 1 saturated carbocycles. The zero-order valence-corrected chi connectivity index (χ0v) is 14.7. The van der Waals surface area contributed by atoms with Crippen LogP contribution in [0.5, 0.6) is 11.5 Å². The third-order valence-electron chi connectivity index (χ3n) is 3.85. The number of hydrogen-bond acceptors (Lipinski definition) is 4. The van der Waals surface area contributed by atoms with E-state index >= 15 is 0 Å². The molecule has 1 aliphatic rings. The molecule has 3 rings (SSSR count). The molecule has 6 heteroatoms. The molecule has 6 nitrogen and oxygen atoms in total. The lowest BCUT2D eigenvalue weighted by molar-refractivity contribution is -0.118. The van der Waals surface area contributed by atoms with Gasteiger partial charge in [-0.15, -0.1) is 0 Å². The molecule has 2 aromatic rings. The Morgan fingerprint density at radius 2 is 1.65 bits per heavy atom. The highest BCUT2D eigenvalue weighted by Gasteiger charge is 2.23. The van der Waals surface area contributed by atoms with E-state index in [2.05, 4.69) is 10.6 Å². The Labute approximate surface area is 152 Å². The van der Waals surface area contributed by atoms with Crippen molar-refractivity contribution in [2.24, 2.45) is 0 Å². The van der Waals surface area contributed by atoms with E-state index < -0.39 is 0 Å². The molecule has 0 saturated heterocycles. The van der Waals surface area contributed by atoms with Crippen LogP contribution in [-0.4, -0.2) is 31.1 Å². The average Bonchev–Trinajstić information content (AvgIpc) is 3.46. The molecule has 1 aliphatic carbocycles. The molecule has 0 heterocycles. The van der Waals surface area contributed by atoms with Crippen molar-refractivity contribution in [2.45, 2.75) is 25.8 Å². The predicted octanol–water partition coefficient (Wildman–Crippen LogP) is 3.00. The molecule has 0 unspecified atom stereocenters. The zero-order valence-electron chi connectivity index (χ0n) is 14.7. The van der Waals surface area contributed by atoms with Gasteiger partial charge in [0.15, 0.2) is 18.1 Å². The molecule has 26 heavy (non-hydrogen) atoms. The lowest BCUT2D eigenvalue weighted by atomic mass is 10.2. The topological polar surface area (TPSA) is 76.7 Å². The first-order valence-electron chi connectivity index (χ1n) is 8.71. The predicted molar refractivity (Wildman–Crippen MR) is 98.7 cm³/mol. The molecule has 2 amide bonds. The first kappa shape index (κ1) is 17.8. The second-order valence-corrected chi connectivity index (χ2v) is 6.04. The Bertz CT molecular complexity index is 770. The summed E-state index contributed by atoms with van der Waals surface area (Å²) in [6.45, 7) is 2.28. The van der Waals surface area contributed by atoms with E-state index in [4.69, 9.17) is 9.47 Å². The second kappa shape index (κ2) is 8.38. The van der Waals surface area contributed by atoms with Crippen LogP contribution in [0, 0.1) is 0 Å². The number of hydrogen-bond donors (Lipinski definition) is 2. The van der Waals surface area contributed by atoms with Gasteiger partial charge in [0.2, 0.25) is 0 Å². The van der Waals surface area contributed by atoms with Crippen LogP contribution in [0.4, 0.5) is 5.69 Å². The van der Waals surface area contributed by atoms with Crippen molar-refractivity contribution >= 4 is 17.5 Å². The number of rotatable bonds is 8. The van der Waals surface area contributed by atoms with E-state index in [0.29, 0.717) is 35.4 Å². The van der Waals surface area contributed by atoms with Crippen LogP contribution in [0.25, 0.3) is 0 Å². The monoisotopic (exact) mass is 354 g/mol. The largest absolute Gasteiger partial charge is 0.490 e. The Hall–Kier alpha value is -3.02. The molecule has 0 atom stereocenters. The fourth-order valence-electron chi connectivity index (χ4n) is 2.39. The molecule has 2 aromatic carbocycles. The van der Waals surface area contributed by atoms with Crippen molar-refractivity contribution in [1.82, 2.24) is 5.32 Å². The van der Waals surface area contributed by atoms with Crippen LogP contribution in [0.15, 0.2) is 48.5 Å². The number of carbonyl (C=O) groups excluding carboxylic acids is 2. The maximum atomic E-state index is 12.1. The van der Waals surface area contributed by atoms with Crippen LogP contribution in [0.1, 0.15) is 30.1 Å². The van der Waals surface area contributed by atoms with Gasteiger partial charge in [0, 0.05) is 17.3 Å².